The van der Waals surface area contributed by atoms with Crippen LogP contribution >= 0.6 is 0 Å². The zero-order valence-corrected chi connectivity index (χ0v) is 32.7. The summed E-state index contributed by atoms with van der Waals surface area (Å²) >= 11 is 0. The van der Waals surface area contributed by atoms with E-state index in [0.717, 1.165) is 51.0 Å². The van der Waals surface area contributed by atoms with Crippen LogP contribution in [-0.2, 0) is 19.6 Å². The number of methoxy groups -OCH3 is 1. The van der Waals surface area contributed by atoms with E-state index in [9.17, 15) is 22.8 Å². The molecule has 0 atom stereocenters. The molecule has 1 fully saturated rings. The summed E-state index contributed by atoms with van der Waals surface area (Å²) in [5.74, 6) is 0.362. The first kappa shape index (κ1) is 39.7. The van der Waals surface area contributed by atoms with Gasteiger partial charge in [-0.05, 0) is 81.3 Å². The van der Waals surface area contributed by atoms with E-state index in [2.05, 4.69) is 31.6 Å². The Morgan fingerprint density at radius 1 is 0.964 bits per heavy atom. The third-order valence-corrected chi connectivity index (χ3v) is 11.1. The van der Waals surface area contributed by atoms with E-state index in [0.29, 0.717) is 46.6 Å². The number of unbranched alkanes of at least 4 members (excludes halogenated alkanes) is 2. The molecule has 2 heterocycles. The van der Waals surface area contributed by atoms with Gasteiger partial charge in [-0.2, -0.15) is 4.99 Å². The molecular formula is C41H45N7O7S. The lowest BCUT2D eigenvalue weighted by Crippen LogP contribution is -2.47. The number of aryl methyl sites for hydroxylation is 1. The van der Waals surface area contributed by atoms with Gasteiger partial charge in [-0.1, -0.05) is 36.4 Å². The minimum Gasteiger partial charge on any atom is -0.494 e. The van der Waals surface area contributed by atoms with E-state index in [4.69, 9.17) is 9.47 Å². The first-order valence-corrected chi connectivity index (χ1v) is 19.8. The van der Waals surface area contributed by atoms with Crippen molar-refractivity contribution in [3.63, 3.8) is 0 Å². The van der Waals surface area contributed by atoms with Gasteiger partial charge in [0.15, 0.2) is 5.75 Å². The molecule has 6 rings (SSSR count). The Morgan fingerprint density at radius 3 is 2.46 bits per heavy atom. The van der Waals surface area contributed by atoms with Crippen molar-refractivity contribution < 1.29 is 32.3 Å². The number of H-pyrrole nitrogens is 1. The minimum atomic E-state index is -3.93. The number of aliphatic imine (C=N–C) groups is 1. The van der Waals surface area contributed by atoms with E-state index in [1.165, 1.54) is 24.1 Å². The summed E-state index contributed by atoms with van der Waals surface area (Å²) in [6, 6.07) is 22.0. The molecule has 0 unspecified atom stereocenters. The van der Waals surface area contributed by atoms with Crippen LogP contribution in [0, 0.1) is 6.92 Å². The predicted octanol–water partition coefficient (Wildman–Crippen LogP) is 6.30. The Labute approximate surface area is 326 Å². The van der Waals surface area contributed by atoms with Crippen LogP contribution in [0.25, 0.3) is 22.2 Å². The van der Waals surface area contributed by atoms with E-state index in [1.807, 2.05) is 24.0 Å². The lowest BCUT2D eigenvalue weighted by Gasteiger charge is -2.32. The molecule has 0 saturated carbocycles. The molecule has 1 saturated heterocycles. The summed E-state index contributed by atoms with van der Waals surface area (Å²) in [5.41, 5.74) is 3.45. The number of isocyanates is 1. The standard InChI is InChI=1S/C41H45N7O7S/c1-28-17-20-34(35(26-28)55-25-10-6-9-16-36(50)48-23-21-46(2)22-24-48)47(3)40(51)32-19-18-31(39(54-4)38(32)42-27-49)30-14-11-15-33-37(30)44-41(43-33)45-56(52,53)29-12-7-5-8-13-29/h5,7-8,11-15,17-20,26H,6,9-10,16,21-25H2,1-4H3,(H2,43,44,45). The number of hydrogen-bond acceptors (Lipinski definition) is 10. The van der Waals surface area contributed by atoms with Gasteiger partial charge in [-0.25, -0.2) is 22.9 Å². The molecule has 2 amide bonds. The third kappa shape index (κ3) is 8.92. The zero-order chi connectivity index (χ0) is 39.8. The third-order valence-electron chi connectivity index (χ3n) is 9.74. The van der Waals surface area contributed by atoms with Gasteiger partial charge >= 0.3 is 0 Å². The minimum absolute atomic E-state index is 0.00210. The van der Waals surface area contributed by atoms with Crippen molar-refractivity contribution in [2.24, 2.45) is 4.99 Å². The fourth-order valence-electron chi connectivity index (χ4n) is 6.66. The number of carbonyl (C=O) groups is 2. The highest BCUT2D eigenvalue weighted by Gasteiger charge is 2.26. The largest absolute Gasteiger partial charge is 0.494 e. The number of aromatic amines is 1. The van der Waals surface area contributed by atoms with Crippen LogP contribution in [0.4, 0.5) is 17.3 Å². The smallest absolute Gasteiger partial charge is 0.264 e. The van der Waals surface area contributed by atoms with Crippen LogP contribution in [0.5, 0.6) is 11.5 Å². The molecule has 0 spiro atoms. The Hall–Kier alpha value is -6.02. The fourth-order valence-corrected chi connectivity index (χ4v) is 7.64. The molecular weight excluding hydrogens is 735 g/mol. The first-order chi connectivity index (χ1) is 27.0. The molecule has 292 valence electrons. The van der Waals surface area contributed by atoms with Crippen molar-refractivity contribution in [1.29, 1.82) is 0 Å². The topological polar surface area (TPSA) is 167 Å². The van der Waals surface area contributed by atoms with Gasteiger partial charge in [0, 0.05) is 50.8 Å². The second-order valence-corrected chi connectivity index (χ2v) is 15.3. The number of nitrogens with one attached hydrogen (secondary N) is 2. The van der Waals surface area contributed by atoms with Crippen LogP contribution < -0.4 is 19.1 Å². The second-order valence-electron chi connectivity index (χ2n) is 13.6. The number of fused-ring (bicyclic) bond motifs is 1. The number of imidazole rings is 1. The van der Waals surface area contributed by atoms with E-state index in [1.54, 1.807) is 67.7 Å². The predicted molar refractivity (Wildman–Crippen MR) is 215 cm³/mol. The maximum atomic E-state index is 14.2. The average Bonchev–Trinajstić information content (AvgIpc) is 3.61. The summed E-state index contributed by atoms with van der Waals surface area (Å²) in [6.07, 6.45) is 4.41. The SMILES string of the molecule is COc1c(-c2cccc3[nH]c(NS(=O)(=O)c4ccccc4)nc23)ccc(C(=O)N(C)c2ccc(C)cc2OCCCCCC(=O)N2CCN(C)CC2)c1N=C=O. The second kappa shape index (κ2) is 17.6. The van der Waals surface area contributed by atoms with Gasteiger partial charge < -0.3 is 29.2 Å². The van der Waals surface area contributed by atoms with Crippen LogP contribution in [0.2, 0.25) is 0 Å². The fraction of sp³-hybridized carbons (Fsp3) is 0.317. The van der Waals surface area contributed by atoms with E-state index in [-0.39, 0.29) is 33.8 Å². The molecule has 4 aromatic carbocycles. The number of sulfonamides is 1. The number of para-hydroxylation sites is 1. The molecule has 1 aromatic heterocycles. The molecule has 0 radical (unpaired) electrons. The summed E-state index contributed by atoms with van der Waals surface area (Å²) in [4.78, 5) is 55.7. The molecule has 14 nitrogen and oxygen atoms in total. The number of piperazine rings is 1. The number of aromatic nitrogens is 2. The molecule has 1 aliphatic rings. The Bertz CT molecular complexity index is 2370. The van der Waals surface area contributed by atoms with Gasteiger partial charge in [0.25, 0.3) is 15.9 Å². The maximum absolute atomic E-state index is 14.2. The van der Waals surface area contributed by atoms with Crippen molar-refractivity contribution in [3.05, 3.63) is 90.0 Å². The Morgan fingerprint density at radius 2 is 1.73 bits per heavy atom. The number of benzene rings is 4. The molecule has 0 bridgehead atoms. The van der Waals surface area contributed by atoms with Gasteiger partial charge in [0.2, 0.25) is 17.9 Å². The number of ether oxygens (including phenoxy) is 2. The maximum Gasteiger partial charge on any atom is 0.264 e. The molecule has 56 heavy (non-hydrogen) atoms. The summed E-state index contributed by atoms with van der Waals surface area (Å²) in [5, 5.41) is 0. The highest BCUT2D eigenvalue weighted by molar-refractivity contribution is 7.92. The highest BCUT2D eigenvalue weighted by atomic mass is 32.2. The van der Waals surface area contributed by atoms with Crippen molar-refractivity contribution >= 4 is 56.3 Å². The van der Waals surface area contributed by atoms with Gasteiger partial charge in [0.05, 0.1) is 40.9 Å². The number of anilines is 2. The number of rotatable bonds is 15. The molecule has 1 aliphatic heterocycles. The number of amides is 2. The van der Waals surface area contributed by atoms with Crippen molar-refractivity contribution in [2.75, 3.05) is 63.6 Å². The molecule has 5 aromatic rings. The Kier molecular flexibility index (Phi) is 12.5. The number of nitrogens with zero attached hydrogens (tertiary/aromatic N) is 5. The van der Waals surface area contributed by atoms with Crippen LogP contribution in [0.15, 0.2) is 88.8 Å². The molecule has 0 aliphatic carbocycles. The van der Waals surface area contributed by atoms with Gasteiger partial charge in [0.1, 0.15) is 11.4 Å². The van der Waals surface area contributed by atoms with Gasteiger partial charge in [-0.3, -0.25) is 9.59 Å². The van der Waals surface area contributed by atoms with Crippen LogP contribution in [0.3, 0.4) is 0 Å². The number of carbonyl (C=O) groups excluding carboxylic acids is 3. The molecule has 2 N–H and O–H groups in total. The monoisotopic (exact) mass is 779 g/mol. The van der Waals surface area contributed by atoms with Gasteiger partial charge in [-0.15, -0.1) is 0 Å². The summed E-state index contributed by atoms with van der Waals surface area (Å²) in [6.45, 7) is 5.67. The summed E-state index contributed by atoms with van der Waals surface area (Å²) in [7, 11) is 1.15. The van der Waals surface area contributed by atoms with Crippen molar-refractivity contribution in [1.82, 2.24) is 19.8 Å². The van der Waals surface area contributed by atoms with Crippen molar-refractivity contribution in [2.45, 2.75) is 37.5 Å². The van der Waals surface area contributed by atoms with Crippen LogP contribution in [-0.4, -0.2) is 100 Å². The number of hydrogen-bond donors (Lipinski definition) is 2. The van der Waals surface area contributed by atoms with Crippen molar-refractivity contribution in [3.8, 4) is 22.6 Å². The quantitative estimate of drug-likeness (QED) is 0.0704. The van der Waals surface area contributed by atoms with Crippen LogP contribution in [0.1, 0.15) is 41.6 Å². The normalized spacial score (nSPS) is 13.2. The molecule has 15 heteroatoms. The first-order valence-electron chi connectivity index (χ1n) is 18.3. The summed E-state index contributed by atoms with van der Waals surface area (Å²) < 4.78 is 40.5. The lowest BCUT2D eigenvalue weighted by atomic mass is 9.98. The number of likely N-dealkylation sites (N-methyl/N-ethyl adjacent to an activating group) is 1. The van der Waals surface area contributed by atoms with E-state index >= 15 is 0 Å². The lowest BCUT2D eigenvalue weighted by molar-refractivity contribution is -0.132. The highest BCUT2D eigenvalue weighted by Crippen LogP contribution is 2.43. The zero-order valence-electron chi connectivity index (χ0n) is 31.9. The van der Waals surface area contributed by atoms with E-state index < -0.39 is 15.9 Å². The Balaban J connectivity index is 1.20. The average molecular weight is 780 g/mol.